The third kappa shape index (κ3) is 7.08. The molecular formula is C40H39N6O9S-. The average molecular weight is 780 g/mol. The molecule has 0 bridgehead atoms. The van der Waals surface area contributed by atoms with Crippen molar-refractivity contribution in [2.24, 2.45) is 0 Å². The maximum absolute atomic E-state index is 13.3. The van der Waals surface area contributed by atoms with Crippen LogP contribution in [-0.2, 0) is 32.1 Å². The molecule has 3 aliphatic rings. The van der Waals surface area contributed by atoms with E-state index in [9.17, 15) is 37.5 Å². The predicted octanol–water partition coefficient (Wildman–Crippen LogP) is 4.10. The summed E-state index contributed by atoms with van der Waals surface area (Å²) in [7, 11) is 3.12. The lowest BCUT2D eigenvalue weighted by Gasteiger charge is -2.29. The summed E-state index contributed by atoms with van der Waals surface area (Å²) in [5.41, 5.74) is 3.36. The van der Waals surface area contributed by atoms with Crippen LogP contribution >= 0.6 is 0 Å². The van der Waals surface area contributed by atoms with Crippen molar-refractivity contribution in [2.75, 3.05) is 41.8 Å². The fraction of sp³-hybridized carbons (Fsp3) is 0.300. The number of aryl methyl sites for hydroxylation is 1. The summed E-state index contributed by atoms with van der Waals surface area (Å²) < 4.78 is 32.0. The smallest absolute Gasteiger partial charge is 0.264 e. The highest BCUT2D eigenvalue weighted by molar-refractivity contribution is 7.81. The molecule has 0 radical (unpaired) electrons. The number of imide groups is 2. The maximum Gasteiger partial charge on any atom is 0.264 e. The molecule has 56 heavy (non-hydrogen) atoms. The van der Waals surface area contributed by atoms with Gasteiger partial charge in [-0.15, -0.1) is 0 Å². The SMILES string of the molecule is COc1ccccc1N(c1ccc2c3c(cc(CCC(=O)NCCCCCNc4cccc5c4C(=O)N(C4CCC(=O)NC4=O)C5=O)cc13)C(=O)N2C)S(=O)[O-]. The van der Waals surface area contributed by atoms with E-state index in [4.69, 9.17) is 4.74 Å². The van der Waals surface area contributed by atoms with Gasteiger partial charge in [-0.25, -0.2) is 0 Å². The molecule has 3 N–H and O–H groups in total. The van der Waals surface area contributed by atoms with E-state index in [-0.39, 0.29) is 42.2 Å². The highest BCUT2D eigenvalue weighted by atomic mass is 32.2. The lowest BCUT2D eigenvalue weighted by molar-refractivity contribution is -0.136. The van der Waals surface area contributed by atoms with E-state index in [2.05, 4.69) is 16.0 Å². The molecule has 2 atom stereocenters. The van der Waals surface area contributed by atoms with Crippen LogP contribution in [0.5, 0.6) is 5.75 Å². The van der Waals surface area contributed by atoms with Crippen molar-refractivity contribution in [1.29, 1.82) is 0 Å². The highest BCUT2D eigenvalue weighted by Gasteiger charge is 2.45. The van der Waals surface area contributed by atoms with E-state index in [1.54, 1.807) is 67.7 Å². The second kappa shape index (κ2) is 15.9. The van der Waals surface area contributed by atoms with Gasteiger partial charge in [0.05, 0.1) is 52.1 Å². The first-order valence-corrected chi connectivity index (χ1v) is 19.3. The Kier molecular flexibility index (Phi) is 10.8. The fourth-order valence-corrected chi connectivity index (χ4v) is 8.18. The van der Waals surface area contributed by atoms with Crippen molar-refractivity contribution < 1.29 is 42.3 Å². The summed E-state index contributed by atoms with van der Waals surface area (Å²) >= 11 is -2.74. The van der Waals surface area contributed by atoms with Gasteiger partial charge in [-0.2, -0.15) is 0 Å². The number of unbranched alkanes of at least 4 members (excludes halogenated alkanes) is 2. The Morgan fingerprint density at radius 3 is 2.48 bits per heavy atom. The van der Waals surface area contributed by atoms with Crippen molar-refractivity contribution in [3.8, 4) is 5.75 Å². The van der Waals surface area contributed by atoms with Gasteiger partial charge in [-0.1, -0.05) is 18.2 Å². The molecule has 4 aromatic rings. The Balaban J connectivity index is 0.933. The zero-order valence-corrected chi connectivity index (χ0v) is 31.5. The lowest BCUT2D eigenvalue weighted by atomic mass is 9.97. The second-order valence-corrected chi connectivity index (χ2v) is 14.5. The van der Waals surface area contributed by atoms with Gasteiger partial charge >= 0.3 is 0 Å². The van der Waals surface area contributed by atoms with Gasteiger partial charge in [0.15, 0.2) is 0 Å². The molecule has 0 aliphatic carbocycles. The topological polar surface area (TPSA) is 198 Å². The standard InChI is InChI=1S/C40H40N6O9S/c1-44-30-15-14-28(46(56(53)54)29-11-4-5-12-32(29)55-2)25-21-23(22-26(35(25)30)38(44)50)13-17-33(47)42-20-7-3-6-19-41-27-10-8-9-24-36(27)40(52)45(39(24)51)31-16-18-34(48)43-37(31)49/h4-5,8-12,14-15,21-22,31,41H,3,6-7,13,16-20H2,1-2H3,(H,42,47)(H,53,54)(H,43,48,49)/p-1. The number of amides is 6. The van der Waals surface area contributed by atoms with Crippen LogP contribution in [0.1, 0.15) is 75.2 Å². The van der Waals surface area contributed by atoms with Crippen LogP contribution in [0.25, 0.3) is 10.8 Å². The molecule has 1 fully saturated rings. The molecule has 0 aromatic heterocycles. The first-order valence-electron chi connectivity index (χ1n) is 18.3. The Morgan fingerprint density at radius 2 is 1.71 bits per heavy atom. The van der Waals surface area contributed by atoms with E-state index >= 15 is 0 Å². The van der Waals surface area contributed by atoms with Crippen molar-refractivity contribution in [1.82, 2.24) is 15.5 Å². The first-order chi connectivity index (χ1) is 27.0. The zero-order chi connectivity index (χ0) is 39.7. The first kappa shape index (κ1) is 38.2. The number of rotatable bonds is 15. The van der Waals surface area contributed by atoms with Gasteiger partial charge in [0.2, 0.25) is 17.7 Å². The lowest BCUT2D eigenvalue weighted by Crippen LogP contribution is -2.54. The maximum atomic E-state index is 13.3. The predicted molar refractivity (Wildman–Crippen MR) is 208 cm³/mol. The van der Waals surface area contributed by atoms with Gasteiger partial charge in [-0.05, 0) is 86.2 Å². The molecule has 3 aliphatic heterocycles. The Labute approximate surface area is 324 Å². The monoisotopic (exact) mass is 779 g/mol. The fourth-order valence-electron chi connectivity index (χ4n) is 7.54. The van der Waals surface area contributed by atoms with Crippen molar-refractivity contribution in [3.63, 3.8) is 0 Å². The molecule has 1 saturated heterocycles. The molecule has 7 rings (SSSR count). The third-order valence-corrected chi connectivity index (χ3v) is 11.0. The van der Waals surface area contributed by atoms with Crippen LogP contribution in [0.2, 0.25) is 0 Å². The van der Waals surface area contributed by atoms with E-state index in [0.29, 0.717) is 82.8 Å². The Bertz CT molecular complexity index is 2330. The molecule has 2 unspecified atom stereocenters. The van der Waals surface area contributed by atoms with Crippen LogP contribution in [-0.4, -0.2) is 82.4 Å². The normalized spacial score (nSPS) is 16.6. The number of carbonyl (C=O) groups is 6. The number of hydrogen-bond donors (Lipinski definition) is 3. The van der Waals surface area contributed by atoms with Crippen LogP contribution in [0.4, 0.5) is 22.7 Å². The minimum Gasteiger partial charge on any atom is -0.755 e. The summed E-state index contributed by atoms with van der Waals surface area (Å²) in [6, 6.07) is 17.6. The van der Waals surface area contributed by atoms with Crippen LogP contribution in [0.3, 0.4) is 0 Å². The molecule has 4 aromatic carbocycles. The number of carbonyl (C=O) groups excluding carboxylic acids is 6. The minimum atomic E-state index is -2.74. The van der Waals surface area contributed by atoms with Gasteiger partial charge in [0.25, 0.3) is 17.7 Å². The van der Waals surface area contributed by atoms with Crippen LogP contribution in [0.15, 0.2) is 66.7 Å². The number of fused-ring (bicyclic) bond motifs is 1. The van der Waals surface area contributed by atoms with Crippen molar-refractivity contribution in [2.45, 2.75) is 51.0 Å². The number of nitrogens with zero attached hydrogens (tertiary/aromatic N) is 3. The van der Waals surface area contributed by atoms with E-state index < -0.39 is 40.9 Å². The second-order valence-electron chi connectivity index (χ2n) is 13.7. The highest BCUT2D eigenvalue weighted by Crippen LogP contribution is 2.45. The summed E-state index contributed by atoms with van der Waals surface area (Å²) in [5.74, 6) is -2.27. The van der Waals surface area contributed by atoms with Gasteiger partial charge < -0.3 is 24.8 Å². The van der Waals surface area contributed by atoms with Gasteiger partial charge in [-0.3, -0.25) is 47.5 Å². The number of hydrogen-bond acceptors (Lipinski definition) is 10. The van der Waals surface area contributed by atoms with Crippen LogP contribution in [0, 0.1) is 0 Å². The zero-order valence-electron chi connectivity index (χ0n) is 30.7. The molecule has 0 spiro atoms. The number of nitrogens with one attached hydrogen (secondary N) is 3. The Hall–Kier alpha value is -6.13. The molecule has 15 nitrogen and oxygen atoms in total. The quantitative estimate of drug-likeness (QED) is 0.0898. The van der Waals surface area contributed by atoms with Gasteiger partial charge in [0.1, 0.15) is 11.8 Å². The Morgan fingerprint density at radius 1 is 0.929 bits per heavy atom. The molecule has 290 valence electrons. The minimum absolute atomic E-state index is 0.0444. The van der Waals surface area contributed by atoms with E-state index in [1.165, 1.54) is 12.0 Å². The number of methoxy groups -OCH3 is 1. The average Bonchev–Trinajstić information content (AvgIpc) is 3.59. The number of para-hydroxylation sites is 2. The molecule has 16 heteroatoms. The van der Waals surface area contributed by atoms with Crippen molar-refractivity contribution in [3.05, 3.63) is 89.0 Å². The third-order valence-electron chi connectivity index (χ3n) is 10.3. The molecule has 6 amide bonds. The molecule has 0 saturated carbocycles. The van der Waals surface area contributed by atoms with E-state index in [1.807, 2.05) is 6.07 Å². The summed E-state index contributed by atoms with van der Waals surface area (Å²) in [4.78, 5) is 79.0. The van der Waals surface area contributed by atoms with Crippen LogP contribution < -0.4 is 29.9 Å². The molecule has 3 heterocycles. The number of anilines is 4. The molecular weight excluding hydrogens is 741 g/mol. The van der Waals surface area contributed by atoms with E-state index in [0.717, 1.165) is 15.6 Å². The summed E-state index contributed by atoms with van der Waals surface area (Å²) in [6.45, 7) is 0.941. The van der Waals surface area contributed by atoms with Crippen molar-refractivity contribution >= 4 is 80.2 Å². The summed E-state index contributed by atoms with van der Waals surface area (Å²) in [5, 5.41) is 9.55. The number of ether oxygens (including phenoxy) is 1. The number of piperidine rings is 1. The number of benzene rings is 4. The summed E-state index contributed by atoms with van der Waals surface area (Å²) in [6.07, 6.45) is 2.76. The van der Waals surface area contributed by atoms with Gasteiger partial charge in [0, 0.05) is 49.4 Å². The largest absolute Gasteiger partial charge is 0.755 e.